The van der Waals surface area contributed by atoms with Crippen LogP contribution < -0.4 is 10.6 Å². The number of rotatable bonds is 5. The first kappa shape index (κ1) is 18.2. The summed E-state index contributed by atoms with van der Waals surface area (Å²) in [4.78, 5) is 14.3. The number of halogens is 2. The van der Waals surface area contributed by atoms with E-state index < -0.39 is 0 Å². The van der Waals surface area contributed by atoms with Crippen molar-refractivity contribution in [2.24, 2.45) is 0 Å². The average molecular weight is 332 g/mol. The van der Waals surface area contributed by atoms with Gasteiger partial charge in [-0.25, -0.2) is 0 Å². The molecule has 6 heteroatoms. The SMILES string of the molecule is CNC1CCCN(CCC(=O)Nc2ccc(Cl)cc2)C1.Cl. The Morgan fingerprint density at radius 2 is 2.10 bits per heavy atom. The van der Waals surface area contributed by atoms with E-state index in [1.54, 1.807) is 12.1 Å². The summed E-state index contributed by atoms with van der Waals surface area (Å²) >= 11 is 5.81. The first-order chi connectivity index (χ1) is 9.67. The molecule has 1 aromatic rings. The predicted octanol–water partition coefficient (Wildman–Crippen LogP) is 2.77. The summed E-state index contributed by atoms with van der Waals surface area (Å²) in [6, 6.07) is 7.75. The van der Waals surface area contributed by atoms with E-state index in [1.165, 1.54) is 12.8 Å². The number of likely N-dealkylation sites (N-methyl/N-ethyl adjacent to an activating group) is 1. The van der Waals surface area contributed by atoms with E-state index >= 15 is 0 Å². The van der Waals surface area contributed by atoms with Gasteiger partial charge >= 0.3 is 0 Å². The molecule has 0 bridgehead atoms. The smallest absolute Gasteiger partial charge is 0.225 e. The van der Waals surface area contributed by atoms with Crippen molar-refractivity contribution in [3.8, 4) is 0 Å². The molecular weight excluding hydrogens is 309 g/mol. The number of anilines is 1. The van der Waals surface area contributed by atoms with Crippen LogP contribution >= 0.6 is 24.0 Å². The summed E-state index contributed by atoms with van der Waals surface area (Å²) in [5, 5.41) is 6.88. The van der Waals surface area contributed by atoms with Crippen molar-refractivity contribution in [2.75, 3.05) is 32.0 Å². The lowest BCUT2D eigenvalue weighted by Crippen LogP contribution is -2.45. The first-order valence-electron chi connectivity index (χ1n) is 7.12. The van der Waals surface area contributed by atoms with E-state index in [2.05, 4.69) is 15.5 Å². The van der Waals surface area contributed by atoms with E-state index in [1.807, 2.05) is 19.2 Å². The third-order valence-electron chi connectivity index (χ3n) is 3.70. The van der Waals surface area contributed by atoms with Gasteiger partial charge in [-0.15, -0.1) is 12.4 Å². The summed E-state index contributed by atoms with van der Waals surface area (Å²) in [6.45, 7) is 2.94. The molecule has 1 saturated heterocycles. The summed E-state index contributed by atoms with van der Waals surface area (Å²) in [6.07, 6.45) is 2.95. The van der Waals surface area contributed by atoms with Crippen LogP contribution in [0, 0.1) is 0 Å². The lowest BCUT2D eigenvalue weighted by Gasteiger charge is -2.32. The molecule has 1 fully saturated rings. The molecule has 1 atom stereocenters. The van der Waals surface area contributed by atoms with Crippen LogP contribution in [0.3, 0.4) is 0 Å². The van der Waals surface area contributed by atoms with Gasteiger partial charge in [-0.2, -0.15) is 0 Å². The number of nitrogens with one attached hydrogen (secondary N) is 2. The molecule has 0 radical (unpaired) electrons. The van der Waals surface area contributed by atoms with Crippen LogP contribution in [0.25, 0.3) is 0 Å². The second kappa shape index (κ2) is 9.26. The van der Waals surface area contributed by atoms with Crippen LogP contribution in [0.15, 0.2) is 24.3 Å². The number of hydrogen-bond donors (Lipinski definition) is 2. The number of amides is 1. The van der Waals surface area contributed by atoms with E-state index in [9.17, 15) is 4.79 Å². The minimum atomic E-state index is 0. The van der Waals surface area contributed by atoms with Crippen molar-refractivity contribution < 1.29 is 4.79 Å². The van der Waals surface area contributed by atoms with Crippen LogP contribution in [0.4, 0.5) is 5.69 Å². The maximum atomic E-state index is 11.9. The van der Waals surface area contributed by atoms with Gasteiger partial charge in [0.1, 0.15) is 0 Å². The van der Waals surface area contributed by atoms with Crippen molar-refractivity contribution in [1.29, 1.82) is 0 Å². The van der Waals surface area contributed by atoms with Gasteiger partial charge in [0.25, 0.3) is 0 Å². The largest absolute Gasteiger partial charge is 0.326 e. The van der Waals surface area contributed by atoms with E-state index in [0.717, 1.165) is 25.3 Å². The number of carbonyl (C=O) groups is 1. The highest BCUT2D eigenvalue weighted by Crippen LogP contribution is 2.14. The molecule has 21 heavy (non-hydrogen) atoms. The molecular formula is C15H23Cl2N3O. The highest BCUT2D eigenvalue weighted by Gasteiger charge is 2.18. The summed E-state index contributed by atoms with van der Waals surface area (Å²) < 4.78 is 0. The van der Waals surface area contributed by atoms with E-state index in [-0.39, 0.29) is 18.3 Å². The minimum absolute atomic E-state index is 0. The van der Waals surface area contributed by atoms with Gasteiger partial charge in [0.05, 0.1) is 0 Å². The van der Waals surface area contributed by atoms with Crippen molar-refractivity contribution in [1.82, 2.24) is 10.2 Å². The van der Waals surface area contributed by atoms with Gasteiger partial charge in [0, 0.05) is 36.3 Å². The lowest BCUT2D eigenvalue weighted by atomic mass is 10.1. The number of carbonyl (C=O) groups excluding carboxylic acids is 1. The zero-order valence-corrected chi connectivity index (χ0v) is 13.8. The number of likely N-dealkylation sites (tertiary alicyclic amines) is 1. The molecule has 1 amide bonds. The normalized spacial score (nSPS) is 18.9. The first-order valence-corrected chi connectivity index (χ1v) is 7.50. The van der Waals surface area contributed by atoms with Crippen LogP contribution in [0.1, 0.15) is 19.3 Å². The van der Waals surface area contributed by atoms with Crippen LogP contribution in [-0.2, 0) is 4.79 Å². The van der Waals surface area contributed by atoms with Crippen molar-refractivity contribution in [3.05, 3.63) is 29.3 Å². The maximum Gasteiger partial charge on any atom is 0.225 e. The van der Waals surface area contributed by atoms with Crippen LogP contribution in [-0.4, -0.2) is 43.5 Å². The van der Waals surface area contributed by atoms with Crippen molar-refractivity contribution in [2.45, 2.75) is 25.3 Å². The lowest BCUT2D eigenvalue weighted by molar-refractivity contribution is -0.116. The molecule has 0 spiro atoms. The highest BCUT2D eigenvalue weighted by atomic mass is 35.5. The quantitative estimate of drug-likeness (QED) is 0.871. The third kappa shape index (κ3) is 6.22. The molecule has 4 nitrogen and oxygen atoms in total. The Morgan fingerprint density at radius 3 is 2.76 bits per heavy atom. The van der Waals surface area contributed by atoms with Crippen LogP contribution in [0.5, 0.6) is 0 Å². The van der Waals surface area contributed by atoms with Crippen molar-refractivity contribution >= 4 is 35.6 Å². The Balaban J connectivity index is 0.00000220. The molecule has 1 aromatic carbocycles. The Bertz CT molecular complexity index is 439. The molecule has 0 saturated carbocycles. The number of nitrogens with zero attached hydrogens (tertiary/aromatic N) is 1. The van der Waals surface area contributed by atoms with Gasteiger partial charge in [0.15, 0.2) is 0 Å². The molecule has 2 N–H and O–H groups in total. The minimum Gasteiger partial charge on any atom is -0.326 e. The third-order valence-corrected chi connectivity index (χ3v) is 3.95. The number of hydrogen-bond acceptors (Lipinski definition) is 3. The fourth-order valence-electron chi connectivity index (χ4n) is 2.51. The molecule has 1 aliphatic rings. The Hall–Kier alpha value is -0.810. The van der Waals surface area contributed by atoms with Gasteiger partial charge < -0.3 is 15.5 Å². The molecule has 1 heterocycles. The monoisotopic (exact) mass is 331 g/mol. The summed E-state index contributed by atoms with van der Waals surface area (Å²) in [5.41, 5.74) is 0.797. The fraction of sp³-hybridized carbons (Fsp3) is 0.533. The van der Waals surface area contributed by atoms with Gasteiger partial charge in [-0.1, -0.05) is 11.6 Å². The van der Waals surface area contributed by atoms with Gasteiger partial charge in [0.2, 0.25) is 5.91 Å². The summed E-state index contributed by atoms with van der Waals surface area (Å²) in [5.74, 6) is 0.0545. The number of benzene rings is 1. The fourth-order valence-corrected chi connectivity index (χ4v) is 2.64. The molecule has 1 unspecified atom stereocenters. The maximum absolute atomic E-state index is 11.9. The van der Waals surface area contributed by atoms with E-state index in [0.29, 0.717) is 17.5 Å². The Labute approximate surface area is 137 Å². The van der Waals surface area contributed by atoms with Gasteiger partial charge in [-0.3, -0.25) is 4.79 Å². The molecule has 0 aliphatic carbocycles. The molecule has 2 rings (SSSR count). The highest BCUT2D eigenvalue weighted by molar-refractivity contribution is 6.30. The molecule has 118 valence electrons. The second-order valence-electron chi connectivity index (χ2n) is 5.23. The predicted molar refractivity (Wildman–Crippen MR) is 90.5 cm³/mol. The molecule has 1 aliphatic heterocycles. The zero-order valence-electron chi connectivity index (χ0n) is 12.3. The Kier molecular flexibility index (Phi) is 8.04. The second-order valence-corrected chi connectivity index (χ2v) is 5.67. The zero-order chi connectivity index (χ0) is 14.4. The average Bonchev–Trinajstić information content (AvgIpc) is 2.48. The topological polar surface area (TPSA) is 44.4 Å². The summed E-state index contributed by atoms with van der Waals surface area (Å²) in [7, 11) is 2.00. The van der Waals surface area contributed by atoms with Crippen LogP contribution in [0.2, 0.25) is 5.02 Å². The Morgan fingerprint density at radius 1 is 1.38 bits per heavy atom. The van der Waals surface area contributed by atoms with Crippen molar-refractivity contribution in [3.63, 3.8) is 0 Å². The molecule has 0 aromatic heterocycles. The van der Waals surface area contributed by atoms with E-state index in [4.69, 9.17) is 11.6 Å². The van der Waals surface area contributed by atoms with Gasteiger partial charge in [-0.05, 0) is 50.7 Å². The standard InChI is InChI=1S/C15H22ClN3O.ClH/c1-17-14-3-2-9-19(11-14)10-8-15(20)18-13-6-4-12(16)5-7-13;/h4-7,14,17H,2-3,8-11H2,1H3,(H,18,20);1H. The number of piperidine rings is 1.